The zero-order valence-corrected chi connectivity index (χ0v) is 16.6. The molecule has 6 fully saturated rings. The molecule has 1 heterocycles. The number of hydrogen-bond acceptors (Lipinski definition) is 5. The van der Waals surface area contributed by atoms with Gasteiger partial charge in [0.05, 0.1) is 23.9 Å². The molecule has 27 heavy (non-hydrogen) atoms. The molecule has 5 nitrogen and oxygen atoms in total. The first-order chi connectivity index (χ1) is 12.8. The van der Waals surface area contributed by atoms with Crippen LogP contribution in [0.5, 0.6) is 0 Å². The van der Waals surface area contributed by atoms with Gasteiger partial charge in [-0.1, -0.05) is 13.8 Å². The fourth-order valence-corrected chi connectivity index (χ4v) is 10.3. The summed E-state index contributed by atoms with van der Waals surface area (Å²) in [5.41, 5.74) is -2.11. The van der Waals surface area contributed by atoms with E-state index in [-0.39, 0.29) is 53.3 Å². The van der Waals surface area contributed by atoms with Gasteiger partial charge in [0, 0.05) is 29.8 Å². The van der Waals surface area contributed by atoms with Gasteiger partial charge in [-0.15, -0.1) is 0 Å². The molecule has 1 saturated heterocycles. The van der Waals surface area contributed by atoms with Gasteiger partial charge in [-0.3, -0.25) is 4.90 Å². The number of rotatable bonds is 2. The van der Waals surface area contributed by atoms with Crippen molar-refractivity contribution in [2.45, 2.75) is 75.7 Å². The first-order valence-electron chi connectivity index (χ1n) is 11.2. The Balaban J connectivity index is 1.62. The summed E-state index contributed by atoms with van der Waals surface area (Å²) in [7, 11) is 0. The molecule has 1 aliphatic heterocycles. The predicted octanol–water partition coefficient (Wildman–Crippen LogP) is 0.988. The Kier molecular flexibility index (Phi) is 3.21. The maximum Gasteiger partial charge on any atom is 0.0963 e. The van der Waals surface area contributed by atoms with Crippen molar-refractivity contribution in [2.75, 3.05) is 19.7 Å². The molecule has 4 N–H and O–H groups in total. The lowest BCUT2D eigenvalue weighted by molar-refractivity contribution is -0.279. The van der Waals surface area contributed by atoms with Crippen molar-refractivity contribution in [1.29, 1.82) is 0 Å². The Morgan fingerprint density at radius 2 is 1.85 bits per heavy atom. The van der Waals surface area contributed by atoms with E-state index in [1.807, 2.05) is 0 Å². The highest BCUT2D eigenvalue weighted by Gasteiger charge is 2.84. The summed E-state index contributed by atoms with van der Waals surface area (Å²) >= 11 is 0. The topological polar surface area (TPSA) is 84.2 Å². The van der Waals surface area contributed by atoms with Gasteiger partial charge in [0.2, 0.25) is 0 Å². The quantitative estimate of drug-likeness (QED) is 0.577. The average Bonchev–Trinajstić information content (AvgIpc) is 3.03. The molecule has 7 bridgehead atoms. The van der Waals surface area contributed by atoms with Gasteiger partial charge in [-0.25, -0.2) is 0 Å². The third-order valence-corrected chi connectivity index (χ3v) is 10.9. The van der Waals surface area contributed by atoms with E-state index < -0.39 is 11.2 Å². The summed E-state index contributed by atoms with van der Waals surface area (Å²) in [6, 6.07) is 0.224. The van der Waals surface area contributed by atoms with Gasteiger partial charge < -0.3 is 20.4 Å². The number of nitrogens with zero attached hydrogens (tertiary/aromatic N) is 1. The second-order valence-electron chi connectivity index (χ2n) is 11.3. The highest BCUT2D eigenvalue weighted by Crippen LogP contribution is 2.79. The molecule has 0 unspecified atom stereocenters. The molecular weight excluding hydrogens is 342 g/mol. The second-order valence-corrected chi connectivity index (χ2v) is 11.3. The monoisotopic (exact) mass is 377 g/mol. The van der Waals surface area contributed by atoms with Crippen molar-refractivity contribution < 1.29 is 20.4 Å². The third-order valence-electron chi connectivity index (χ3n) is 10.9. The summed E-state index contributed by atoms with van der Waals surface area (Å²) < 4.78 is 0. The van der Waals surface area contributed by atoms with Crippen molar-refractivity contribution in [3.05, 3.63) is 0 Å². The van der Waals surface area contributed by atoms with Crippen LogP contribution in [0.4, 0.5) is 0 Å². The van der Waals surface area contributed by atoms with Gasteiger partial charge in [0.15, 0.2) is 0 Å². The molecule has 0 aromatic heterocycles. The van der Waals surface area contributed by atoms with E-state index >= 15 is 0 Å². The lowest BCUT2D eigenvalue weighted by atomic mass is 9.43. The molecule has 152 valence electrons. The molecule has 0 aromatic carbocycles. The van der Waals surface area contributed by atoms with Crippen LogP contribution < -0.4 is 0 Å². The molecule has 0 amide bonds. The van der Waals surface area contributed by atoms with E-state index in [1.54, 1.807) is 0 Å². The molecule has 0 aromatic rings. The Morgan fingerprint density at radius 3 is 2.56 bits per heavy atom. The van der Waals surface area contributed by atoms with Crippen LogP contribution in [0.3, 0.4) is 0 Å². The van der Waals surface area contributed by atoms with E-state index in [2.05, 4.69) is 18.7 Å². The van der Waals surface area contributed by atoms with E-state index in [0.717, 1.165) is 51.6 Å². The van der Waals surface area contributed by atoms with Crippen molar-refractivity contribution >= 4 is 0 Å². The molecule has 6 rings (SSSR count). The predicted molar refractivity (Wildman–Crippen MR) is 99.7 cm³/mol. The summed E-state index contributed by atoms with van der Waals surface area (Å²) in [4.78, 5) is 2.58. The van der Waals surface area contributed by atoms with Gasteiger partial charge in [0.25, 0.3) is 0 Å². The van der Waals surface area contributed by atoms with E-state index in [0.29, 0.717) is 5.92 Å². The van der Waals surface area contributed by atoms with Gasteiger partial charge in [-0.05, 0) is 68.2 Å². The number of aliphatic hydroxyl groups is 4. The molecule has 5 saturated carbocycles. The van der Waals surface area contributed by atoms with Crippen LogP contribution in [0.15, 0.2) is 0 Å². The van der Waals surface area contributed by atoms with Gasteiger partial charge in [-0.2, -0.15) is 0 Å². The lowest BCUT2D eigenvalue weighted by Gasteiger charge is -2.69. The van der Waals surface area contributed by atoms with Crippen LogP contribution in [-0.2, 0) is 0 Å². The number of hydrogen-bond donors (Lipinski definition) is 4. The smallest absolute Gasteiger partial charge is 0.0963 e. The number of piperidine rings is 1. The molecule has 11 atom stereocenters. The standard InChI is InChI=1S/C22H35NO4/c1-3-23-10-19(2)6-5-16(25)22-13-8-12-4-7-20(26,17(13)21(12,27)11-24)14(18(22)23)9-15(19)22/h12-18,24-27H,3-11H2,1-2H3/t12-,13+,14-,15+,16-,17-,18+,19-,20-,21-,22+/m0/s1. The SMILES string of the molecule is CCN1C[C@]2(C)CC[C@H](O)[C@@]34[C@@H]5C[C@@H]6CC[C@@](O)([C@H]5[C@]6(O)CO)[C@@H](C[C@H]23)[C@@H]14. The molecule has 5 aliphatic carbocycles. The van der Waals surface area contributed by atoms with E-state index in [1.165, 1.54) is 0 Å². The Bertz CT molecular complexity index is 687. The molecule has 0 radical (unpaired) electrons. The Labute approximate surface area is 161 Å². The minimum Gasteiger partial charge on any atom is -0.393 e. The maximum atomic E-state index is 12.1. The highest BCUT2D eigenvalue weighted by molar-refractivity contribution is 5.33. The van der Waals surface area contributed by atoms with Crippen molar-refractivity contribution in [1.82, 2.24) is 4.90 Å². The highest BCUT2D eigenvalue weighted by atomic mass is 16.3. The lowest BCUT2D eigenvalue weighted by Crippen LogP contribution is -2.76. The van der Waals surface area contributed by atoms with E-state index in [4.69, 9.17) is 0 Å². The van der Waals surface area contributed by atoms with Crippen LogP contribution in [0.2, 0.25) is 0 Å². The molecule has 6 aliphatic rings. The Morgan fingerprint density at radius 1 is 1.07 bits per heavy atom. The van der Waals surface area contributed by atoms with E-state index in [9.17, 15) is 20.4 Å². The summed E-state index contributed by atoms with van der Waals surface area (Å²) in [5, 5.41) is 45.4. The van der Waals surface area contributed by atoms with Crippen molar-refractivity contribution in [3.63, 3.8) is 0 Å². The van der Waals surface area contributed by atoms with Crippen LogP contribution in [0.25, 0.3) is 0 Å². The largest absolute Gasteiger partial charge is 0.393 e. The Hall–Kier alpha value is -0.200. The second kappa shape index (κ2) is 4.92. The van der Waals surface area contributed by atoms with Gasteiger partial charge in [0.1, 0.15) is 0 Å². The van der Waals surface area contributed by atoms with Crippen molar-refractivity contribution in [2.24, 2.45) is 40.4 Å². The molecule has 1 spiro atoms. The fourth-order valence-electron chi connectivity index (χ4n) is 10.3. The van der Waals surface area contributed by atoms with Crippen LogP contribution >= 0.6 is 0 Å². The fraction of sp³-hybridized carbons (Fsp3) is 1.00. The maximum absolute atomic E-state index is 12.1. The summed E-state index contributed by atoms with van der Waals surface area (Å²) in [5.74, 6) is 0.421. The third kappa shape index (κ3) is 1.59. The minimum atomic E-state index is -1.17. The molecule has 5 heteroatoms. The van der Waals surface area contributed by atoms with Crippen molar-refractivity contribution in [3.8, 4) is 0 Å². The average molecular weight is 378 g/mol. The van der Waals surface area contributed by atoms with Crippen LogP contribution in [-0.4, -0.2) is 68.4 Å². The zero-order valence-electron chi connectivity index (χ0n) is 16.6. The number of likely N-dealkylation sites (tertiary alicyclic amines) is 1. The summed E-state index contributed by atoms with van der Waals surface area (Å²) in [6.07, 6.45) is 4.92. The first-order valence-corrected chi connectivity index (χ1v) is 11.2. The normalized spacial score (nSPS) is 66.2. The first kappa shape index (κ1) is 17.6. The van der Waals surface area contributed by atoms with Gasteiger partial charge >= 0.3 is 0 Å². The molecular formula is C22H35NO4. The number of fused-ring (bicyclic) bond motifs is 2. The van der Waals surface area contributed by atoms with Crippen LogP contribution in [0.1, 0.15) is 52.4 Å². The zero-order chi connectivity index (χ0) is 19.0. The summed E-state index contributed by atoms with van der Waals surface area (Å²) in [6.45, 7) is 6.40. The van der Waals surface area contributed by atoms with Crippen LogP contribution in [0, 0.1) is 40.4 Å². The number of aliphatic hydroxyl groups excluding tert-OH is 2. The minimum absolute atomic E-state index is 0.0580.